The molecule has 1 aromatic heterocycles. The lowest BCUT2D eigenvalue weighted by atomic mass is 9.78. The summed E-state index contributed by atoms with van der Waals surface area (Å²) in [6, 6.07) is 1.87. The van der Waals surface area contributed by atoms with Crippen LogP contribution in [0, 0.1) is 5.95 Å². The van der Waals surface area contributed by atoms with Crippen LogP contribution in [0.4, 0.5) is 4.39 Å². The van der Waals surface area contributed by atoms with Gasteiger partial charge in [-0.25, -0.2) is 4.98 Å². The summed E-state index contributed by atoms with van der Waals surface area (Å²) in [4.78, 5) is 14.2. The van der Waals surface area contributed by atoms with E-state index in [2.05, 4.69) is 4.98 Å². The molecule has 5 heteroatoms. The van der Waals surface area contributed by atoms with Crippen LogP contribution in [0.3, 0.4) is 0 Å². The van der Waals surface area contributed by atoms with Gasteiger partial charge in [0, 0.05) is 17.2 Å². The van der Waals surface area contributed by atoms with Crippen molar-refractivity contribution < 1.29 is 14.3 Å². The van der Waals surface area contributed by atoms with Gasteiger partial charge in [0.25, 0.3) is 0 Å². The number of carboxylic acid groups (broad SMARTS) is 1. The zero-order chi connectivity index (χ0) is 11.6. The van der Waals surface area contributed by atoms with E-state index in [1.165, 1.54) is 12.3 Å². The van der Waals surface area contributed by atoms with E-state index in [-0.39, 0.29) is 5.56 Å². The lowest BCUT2D eigenvalue weighted by Gasteiger charge is -2.28. The van der Waals surface area contributed by atoms with Crippen LogP contribution in [0.1, 0.15) is 19.4 Å². The van der Waals surface area contributed by atoms with Gasteiger partial charge < -0.3 is 10.8 Å². The predicted octanol–water partition coefficient (Wildman–Crippen LogP) is 0.910. The fourth-order valence-electron chi connectivity index (χ4n) is 1.34. The second-order valence-electron chi connectivity index (χ2n) is 3.88. The molecule has 1 atom stereocenters. The third-order valence-electron chi connectivity index (χ3n) is 2.50. The zero-order valence-electron chi connectivity index (χ0n) is 8.57. The minimum absolute atomic E-state index is 0.208. The minimum Gasteiger partial charge on any atom is -0.480 e. The number of nitrogens with two attached hydrogens (primary N) is 1. The fourth-order valence-corrected chi connectivity index (χ4v) is 1.34. The summed E-state index contributed by atoms with van der Waals surface area (Å²) in [5.41, 5.74) is 4.71. The highest BCUT2D eigenvalue weighted by Gasteiger charge is 2.36. The first-order chi connectivity index (χ1) is 6.87. The second kappa shape index (κ2) is 3.94. The van der Waals surface area contributed by atoms with Gasteiger partial charge in [-0.3, -0.25) is 4.79 Å². The second-order valence-corrected chi connectivity index (χ2v) is 3.88. The van der Waals surface area contributed by atoms with Gasteiger partial charge in [-0.2, -0.15) is 4.39 Å². The highest BCUT2D eigenvalue weighted by atomic mass is 19.1. The highest BCUT2D eigenvalue weighted by molar-refractivity contribution is 5.75. The van der Waals surface area contributed by atoms with Crippen LogP contribution in [0.2, 0.25) is 0 Å². The number of pyridine rings is 1. The molecule has 1 unspecified atom stereocenters. The molecule has 0 spiro atoms. The van der Waals surface area contributed by atoms with Gasteiger partial charge in [0.2, 0.25) is 5.95 Å². The average molecular weight is 212 g/mol. The summed E-state index contributed by atoms with van der Waals surface area (Å²) in [5, 5.41) is 8.80. The van der Waals surface area contributed by atoms with Gasteiger partial charge in [0.15, 0.2) is 0 Å². The normalized spacial score (nSPS) is 13.6. The Balaban J connectivity index is 3.16. The van der Waals surface area contributed by atoms with Crippen LogP contribution in [-0.2, 0) is 10.2 Å². The lowest BCUT2D eigenvalue weighted by molar-refractivity contribution is -0.140. The van der Waals surface area contributed by atoms with E-state index in [0.717, 1.165) is 0 Å². The number of carbonyl (C=O) groups is 1. The summed E-state index contributed by atoms with van der Waals surface area (Å²) < 4.78 is 13.3. The van der Waals surface area contributed by atoms with Crippen molar-refractivity contribution in [3.05, 3.63) is 29.8 Å². The van der Waals surface area contributed by atoms with Crippen molar-refractivity contribution >= 4 is 5.97 Å². The third kappa shape index (κ3) is 2.12. The topological polar surface area (TPSA) is 76.2 Å². The van der Waals surface area contributed by atoms with Crippen molar-refractivity contribution in [2.75, 3.05) is 0 Å². The molecule has 0 radical (unpaired) electrons. The Labute approximate surface area is 86.9 Å². The lowest BCUT2D eigenvalue weighted by Crippen LogP contribution is -2.47. The Morgan fingerprint density at radius 2 is 2.27 bits per heavy atom. The van der Waals surface area contributed by atoms with Gasteiger partial charge in [-0.1, -0.05) is 19.9 Å². The number of halogens is 1. The Bertz CT molecular complexity index is 379. The Morgan fingerprint density at radius 1 is 1.67 bits per heavy atom. The maximum atomic E-state index is 13.3. The van der Waals surface area contributed by atoms with Crippen molar-refractivity contribution in [3.63, 3.8) is 0 Å². The standard InChI is InChI=1S/C10H13FN2O2/c1-10(2,7(12)9(14)15)6-4-3-5-13-8(6)11/h3-5,7H,12H2,1-2H3,(H,14,15). The molecule has 0 fully saturated rings. The number of hydrogen-bond donors (Lipinski definition) is 2. The first-order valence-electron chi connectivity index (χ1n) is 4.46. The van der Waals surface area contributed by atoms with Crippen molar-refractivity contribution in [3.8, 4) is 0 Å². The van der Waals surface area contributed by atoms with E-state index in [1.807, 2.05) is 0 Å². The number of hydrogen-bond acceptors (Lipinski definition) is 3. The van der Waals surface area contributed by atoms with E-state index in [4.69, 9.17) is 10.8 Å². The summed E-state index contributed by atoms with van der Waals surface area (Å²) in [5.74, 6) is -1.84. The van der Waals surface area contributed by atoms with Crippen molar-refractivity contribution in [2.45, 2.75) is 25.3 Å². The number of aromatic nitrogens is 1. The predicted molar refractivity (Wildman–Crippen MR) is 52.8 cm³/mol. The SMILES string of the molecule is CC(C)(c1cccnc1F)C(N)C(=O)O. The van der Waals surface area contributed by atoms with E-state index in [9.17, 15) is 9.18 Å². The van der Waals surface area contributed by atoms with E-state index >= 15 is 0 Å². The maximum Gasteiger partial charge on any atom is 0.321 e. The molecule has 0 aliphatic heterocycles. The fraction of sp³-hybridized carbons (Fsp3) is 0.400. The molecule has 4 nitrogen and oxygen atoms in total. The highest BCUT2D eigenvalue weighted by Crippen LogP contribution is 2.27. The first-order valence-corrected chi connectivity index (χ1v) is 4.46. The van der Waals surface area contributed by atoms with Crippen molar-refractivity contribution in [1.29, 1.82) is 0 Å². The van der Waals surface area contributed by atoms with E-state index < -0.39 is 23.4 Å². The molecule has 3 N–H and O–H groups in total. The van der Waals surface area contributed by atoms with E-state index in [0.29, 0.717) is 0 Å². The molecule has 82 valence electrons. The number of rotatable bonds is 3. The molecule has 0 saturated carbocycles. The molecule has 0 bridgehead atoms. The van der Waals surface area contributed by atoms with Crippen LogP contribution in [0.25, 0.3) is 0 Å². The monoisotopic (exact) mass is 212 g/mol. The van der Waals surface area contributed by atoms with Crippen molar-refractivity contribution in [1.82, 2.24) is 4.98 Å². The van der Waals surface area contributed by atoms with Crippen LogP contribution in [-0.4, -0.2) is 22.1 Å². The maximum absolute atomic E-state index is 13.3. The molecular weight excluding hydrogens is 199 g/mol. The Morgan fingerprint density at radius 3 is 2.73 bits per heavy atom. The molecular formula is C10H13FN2O2. The largest absolute Gasteiger partial charge is 0.480 e. The summed E-state index contributed by atoms with van der Waals surface area (Å²) in [7, 11) is 0. The zero-order valence-corrected chi connectivity index (χ0v) is 8.57. The smallest absolute Gasteiger partial charge is 0.321 e. The molecule has 1 heterocycles. The van der Waals surface area contributed by atoms with Crippen LogP contribution in [0.5, 0.6) is 0 Å². The summed E-state index contributed by atoms with van der Waals surface area (Å²) in [6.07, 6.45) is 1.31. The van der Waals surface area contributed by atoms with Crippen LogP contribution in [0.15, 0.2) is 18.3 Å². The molecule has 0 aliphatic carbocycles. The molecule has 0 aliphatic rings. The van der Waals surface area contributed by atoms with E-state index in [1.54, 1.807) is 19.9 Å². The third-order valence-corrected chi connectivity index (χ3v) is 2.50. The molecule has 0 aromatic carbocycles. The number of aliphatic carboxylic acids is 1. The van der Waals surface area contributed by atoms with Gasteiger partial charge in [0.05, 0.1) is 0 Å². The minimum atomic E-state index is -1.17. The Hall–Kier alpha value is -1.49. The number of carboxylic acids is 1. The molecule has 1 aromatic rings. The van der Waals surface area contributed by atoms with Gasteiger partial charge in [-0.15, -0.1) is 0 Å². The molecule has 0 saturated heterocycles. The first kappa shape index (κ1) is 11.6. The summed E-state index contributed by atoms with van der Waals surface area (Å²) >= 11 is 0. The molecule has 0 amide bonds. The van der Waals surface area contributed by atoms with Crippen molar-refractivity contribution in [2.24, 2.45) is 5.73 Å². The molecule has 1 rings (SSSR count). The average Bonchev–Trinajstić information content (AvgIpc) is 2.16. The van der Waals surface area contributed by atoms with Gasteiger partial charge in [-0.05, 0) is 6.07 Å². The summed E-state index contributed by atoms with van der Waals surface area (Å²) in [6.45, 7) is 3.15. The Kier molecular flexibility index (Phi) is 3.04. The quantitative estimate of drug-likeness (QED) is 0.730. The van der Waals surface area contributed by atoms with Crippen LogP contribution >= 0.6 is 0 Å². The van der Waals surface area contributed by atoms with Gasteiger partial charge >= 0.3 is 5.97 Å². The van der Waals surface area contributed by atoms with Gasteiger partial charge in [0.1, 0.15) is 6.04 Å². The number of nitrogens with zero attached hydrogens (tertiary/aromatic N) is 1. The molecule has 15 heavy (non-hydrogen) atoms. The van der Waals surface area contributed by atoms with Crippen LogP contribution < -0.4 is 5.73 Å².